The van der Waals surface area contributed by atoms with Crippen LogP contribution in [0.5, 0.6) is 0 Å². The molecule has 0 spiro atoms. The van der Waals surface area contributed by atoms with Gasteiger partial charge in [0.25, 0.3) is 0 Å². The van der Waals surface area contributed by atoms with Gasteiger partial charge >= 0.3 is 0 Å². The van der Waals surface area contributed by atoms with E-state index in [4.69, 9.17) is 11.6 Å². The molecule has 0 heterocycles. The van der Waals surface area contributed by atoms with Crippen LogP contribution in [0.4, 0.5) is 5.69 Å². The second-order valence-electron chi connectivity index (χ2n) is 5.19. The third-order valence-corrected chi connectivity index (χ3v) is 5.12. The van der Waals surface area contributed by atoms with Crippen molar-refractivity contribution in [2.75, 3.05) is 5.32 Å². The summed E-state index contributed by atoms with van der Waals surface area (Å²) in [6.45, 7) is 0. The first kappa shape index (κ1) is 14.4. The van der Waals surface area contributed by atoms with E-state index in [1.807, 2.05) is 18.2 Å². The van der Waals surface area contributed by atoms with Gasteiger partial charge in [0.05, 0.1) is 10.7 Å². The van der Waals surface area contributed by atoms with E-state index in [1.165, 1.54) is 5.56 Å². The molecule has 0 radical (unpaired) electrons. The maximum Gasteiger partial charge on any atom is 0.0638 e. The highest BCUT2D eigenvalue weighted by Gasteiger charge is 2.30. The van der Waals surface area contributed by atoms with Gasteiger partial charge in [-0.15, -0.1) is 0 Å². The zero-order chi connectivity index (χ0) is 14.1. The van der Waals surface area contributed by atoms with Gasteiger partial charge < -0.3 is 5.32 Å². The molecular weight excluding hydrogens is 401 g/mol. The molecule has 1 aliphatic rings. The number of rotatable bonds is 3. The van der Waals surface area contributed by atoms with E-state index in [1.54, 1.807) is 0 Å². The number of nitrogens with one attached hydrogen (secondary N) is 1. The third kappa shape index (κ3) is 3.21. The maximum absolute atomic E-state index is 6.20. The maximum atomic E-state index is 6.20. The summed E-state index contributed by atoms with van der Waals surface area (Å²) in [6, 6.07) is 15.1. The zero-order valence-electron chi connectivity index (χ0n) is 10.7. The lowest BCUT2D eigenvalue weighted by Crippen LogP contribution is -2.34. The first-order chi connectivity index (χ1) is 9.61. The SMILES string of the molecule is Clc1ccc(Br)cc1NC1CC(c2ccc(Br)cc2)C1. The Labute approximate surface area is 141 Å². The largest absolute Gasteiger partial charge is 0.381 e. The molecule has 1 saturated carbocycles. The molecule has 1 N–H and O–H groups in total. The van der Waals surface area contributed by atoms with Crippen LogP contribution in [-0.4, -0.2) is 6.04 Å². The van der Waals surface area contributed by atoms with Crippen LogP contribution in [0.2, 0.25) is 5.02 Å². The predicted octanol–water partition coefficient (Wildman–Crippen LogP) is 6.22. The smallest absolute Gasteiger partial charge is 0.0638 e. The molecule has 0 aliphatic heterocycles. The molecule has 4 heteroatoms. The molecule has 0 bridgehead atoms. The van der Waals surface area contributed by atoms with E-state index in [9.17, 15) is 0 Å². The van der Waals surface area contributed by atoms with Gasteiger partial charge in [-0.2, -0.15) is 0 Å². The Hall–Kier alpha value is -0.510. The molecule has 3 rings (SSSR count). The third-order valence-electron chi connectivity index (χ3n) is 3.77. The van der Waals surface area contributed by atoms with Gasteiger partial charge in [0.2, 0.25) is 0 Å². The Kier molecular flexibility index (Phi) is 4.39. The van der Waals surface area contributed by atoms with E-state index in [0.29, 0.717) is 12.0 Å². The van der Waals surface area contributed by atoms with Crippen LogP contribution in [0, 0.1) is 0 Å². The summed E-state index contributed by atoms with van der Waals surface area (Å²) >= 11 is 13.2. The van der Waals surface area contributed by atoms with Crippen LogP contribution in [-0.2, 0) is 0 Å². The molecule has 2 aromatic rings. The van der Waals surface area contributed by atoms with Crippen molar-refractivity contribution in [3.05, 3.63) is 62.0 Å². The summed E-state index contributed by atoms with van der Waals surface area (Å²) in [7, 11) is 0. The molecular formula is C16H14Br2ClN. The van der Waals surface area contributed by atoms with Gasteiger partial charge in [-0.25, -0.2) is 0 Å². The molecule has 0 aromatic heterocycles. The topological polar surface area (TPSA) is 12.0 Å². The van der Waals surface area contributed by atoms with Crippen LogP contribution in [0.1, 0.15) is 24.3 Å². The van der Waals surface area contributed by atoms with E-state index in [0.717, 1.165) is 32.5 Å². The monoisotopic (exact) mass is 413 g/mol. The first-order valence-corrected chi connectivity index (χ1v) is 8.55. The molecule has 1 fully saturated rings. The number of hydrogen-bond donors (Lipinski definition) is 1. The van der Waals surface area contributed by atoms with E-state index >= 15 is 0 Å². The van der Waals surface area contributed by atoms with Gasteiger partial charge in [0.1, 0.15) is 0 Å². The van der Waals surface area contributed by atoms with E-state index in [-0.39, 0.29) is 0 Å². The van der Waals surface area contributed by atoms with Crippen molar-refractivity contribution in [2.45, 2.75) is 24.8 Å². The van der Waals surface area contributed by atoms with Crippen molar-refractivity contribution >= 4 is 49.1 Å². The molecule has 0 atom stereocenters. The van der Waals surface area contributed by atoms with Crippen LogP contribution in [0.25, 0.3) is 0 Å². The molecule has 1 aliphatic carbocycles. The lowest BCUT2D eigenvalue weighted by atomic mass is 9.76. The summed E-state index contributed by atoms with van der Waals surface area (Å²) in [5.41, 5.74) is 2.44. The fraction of sp³-hybridized carbons (Fsp3) is 0.250. The summed E-state index contributed by atoms with van der Waals surface area (Å²) in [4.78, 5) is 0. The lowest BCUT2D eigenvalue weighted by Gasteiger charge is -2.37. The van der Waals surface area contributed by atoms with Crippen molar-refractivity contribution in [1.29, 1.82) is 0 Å². The highest BCUT2D eigenvalue weighted by molar-refractivity contribution is 9.10. The van der Waals surface area contributed by atoms with Crippen molar-refractivity contribution < 1.29 is 0 Å². The molecule has 0 amide bonds. The van der Waals surface area contributed by atoms with Crippen LogP contribution >= 0.6 is 43.5 Å². The van der Waals surface area contributed by atoms with Gasteiger partial charge in [-0.3, -0.25) is 0 Å². The number of halogens is 3. The summed E-state index contributed by atoms with van der Waals surface area (Å²) in [6.07, 6.45) is 2.31. The summed E-state index contributed by atoms with van der Waals surface area (Å²) in [5.74, 6) is 0.659. The van der Waals surface area contributed by atoms with E-state index in [2.05, 4.69) is 61.4 Å². The Bertz CT molecular complexity index is 606. The average molecular weight is 416 g/mol. The number of anilines is 1. The Balaban J connectivity index is 1.60. The number of benzene rings is 2. The number of hydrogen-bond acceptors (Lipinski definition) is 1. The van der Waals surface area contributed by atoms with Gasteiger partial charge in [-0.05, 0) is 54.7 Å². The molecule has 1 nitrogen and oxygen atoms in total. The molecule has 0 saturated heterocycles. The minimum atomic E-state index is 0.510. The van der Waals surface area contributed by atoms with Crippen molar-refractivity contribution in [3.63, 3.8) is 0 Å². The highest BCUT2D eigenvalue weighted by Crippen LogP contribution is 2.40. The molecule has 104 valence electrons. The lowest BCUT2D eigenvalue weighted by molar-refractivity contribution is 0.374. The first-order valence-electron chi connectivity index (χ1n) is 6.59. The summed E-state index contributed by atoms with van der Waals surface area (Å²) in [5, 5.41) is 4.31. The second-order valence-corrected chi connectivity index (χ2v) is 7.42. The normalized spacial score (nSPS) is 21.4. The van der Waals surface area contributed by atoms with Crippen LogP contribution in [0.3, 0.4) is 0 Å². The fourth-order valence-electron chi connectivity index (χ4n) is 2.57. The predicted molar refractivity (Wildman–Crippen MR) is 92.7 cm³/mol. The molecule has 2 aromatic carbocycles. The van der Waals surface area contributed by atoms with Crippen molar-refractivity contribution in [2.24, 2.45) is 0 Å². The Morgan fingerprint density at radius 2 is 1.60 bits per heavy atom. The van der Waals surface area contributed by atoms with Crippen LogP contribution in [0.15, 0.2) is 51.4 Å². The van der Waals surface area contributed by atoms with Crippen LogP contribution < -0.4 is 5.32 Å². The Morgan fingerprint density at radius 1 is 0.950 bits per heavy atom. The fourth-order valence-corrected chi connectivity index (χ4v) is 3.37. The van der Waals surface area contributed by atoms with Gasteiger partial charge in [0, 0.05) is 15.0 Å². The highest BCUT2D eigenvalue weighted by atomic mass is 79.9. The van der Waals surface area contributed by atoms with E-state index < -0.39 is 0 Å². The molecule has 0 unspecified atom stereocenters. The minimum Gasteiger partial charge on any atom is -0.381 e. The second kappa shape index (κ2) is 6.08. The van der Waals surface area contributed by atoms with Gasteiger partial charge in [0.15, 0.2) is 0 Å². The quantitative estimate of drug-likeness (QED) is 0.627. The van der Waals surface area contributed by atoms with Crippen molar-refractivity contribution in [3.8, 4) is 0 Å². The summed E-state index contributed by atoms with van der Waals surface area (Å²) < 4.78 is 2.18. The Morgan fingerprint density at radius 3 is 2.30 bits per heavy atom. The van der Waals surface area contributed by atoms with Gasteiger partial charge in [-0.1, -0.05) is 55.6 Å². The molecule has 20 heavy (non-hydrogen) atoms. The standard InChI is InChI=1S/C16H14Br2ClN/c17-12-3-1-10(2-4-12)11-7-14(8-11)20-16-9-13(18)5-6-15(16)19/h1-6,9,11,14,20H,7-8H2. The van der Waals surface area contributed by atoms with Crippen molar-refractivity contribution in [1.82, 2.24) is 0 Å². The minimum absolute atomic E-state index is 0.510. The average Bonchev–Trinajstić information content (AvgIpc) is 2.39. The zero-order valence-corrected chi connectivity index (χ0v) is 14.7.